The predicted octanol–water partition coefficient (Wildman–Crippen LogP) is 2.83. The van der Waals surface area contributed by atoms with E-state index in [1.807, 2.05) is 30.3 Å². The monoisotopic (exact) mass is 259 g/mol. The average Bonchev–Trinajstić information content (AvgIpc) is 2.46. The normalized spacial score (nSPS) is 10.2. The standard InChI is InChI=1S/C15H17NO3/c1-17-13-7-8-15(14(16)9-13)19-11-18-10-12-5-3-2-4-6-12/h2-9H,10-11,16H2,1H3. The fourth-order valence-electron chi connectivity index (χ4n) is 1.62. The quantitative estimate of drug-likeness (QED) is 0.492. The highest BCUT2D eigenvalue weighted by Crippen LogP contribution is 2.26. The lowest BCUT2D eigenvalue weighted by atomic mass is 10.2. The number of hydrogen-bond donors (Lipinski definition) is 1. The summed E-state index contributed by atoms with van der Waals surface area (Å²) in [6.07, 6.45) is 0. The molecule has 0 fully saturated rings. The highest BCUT2D eigenvalue weighted by Gasteiger charge is 2.02. The van der Waals surface area contributed by atoms with Gasteiger partial charge in [0.25, 0.3) is 0 Å². The van der Waals surface area contributed by atoms with Gasteiger partial charge in [-0.25, -0.2) is 0 Å². The predicted molar refractivity (Wildman–Crippen MR) is 74.1 cm³/mol. The van der Waals surface area contributed by atoms with Crippen LogP contribution in [0.25, 0.3) is 0 Å². The summed E-state index contributed by atoms with van der Waals surface area (Å²) in [5.74, 6) is 1.30. The van der Waals surface area contributed by atoms with E-state index in [2.05, 4.69) is 0 Å². The number of benzene rings is 2. The van der Waals surface area contributed by atoms with E-state index < -0.39 is 0 Å². The summed E-state index contributed by atoms with van der Waals surface area (Å²) in [4.78, 5) is 0. The maximum absolute atomic E-state index is 5.83. The molecule has 0 aliphatic heterocycles. The molecule has 0 heterocycles. The van der Waals surface area contributed by atoms with E-state index >= 15 is 0 Å². The molecule has 2 aromatic rings. The Bertz CT molecular complexity index is 514. The van der Waals surface area contributed by atoms with Gasteiger partial charge in [-0.1, -0.05) is 30.3 Å². The third-order valence-corrected chi connectivity index (χ3v) is 2.63. The second-order valence-electron chi connectivity index (χ2n) is 4.00. The lowest BCUT2D eigenvalue weighted by molar-refractivity contribution is 0.00544. The van der Waals surface area contributed by atoms with Crippen LogP contribution in [0.5, 0.6) is 11.5 Å². The van der Waals surface area contributed by atoms with E-state index in [0.717, 1.165) is 5.56 Å². The van der Waals surface area contributed by atoms with Crippen LogP contribution in [0.15, 0.2) is 48.5 Å². The molecule has 0 aliphatic carbocycles. The first-order chi connectivity index (χ1) is 9.29. The fourth-order valence-corrected chi connectivity index (χ4v) is 1.62. The summed E-state index contributed by atoms with van der Waals surface area (Å²) in [5.41, 5.74) is 7.47. The molecule has 4 heteroatoms. The highest BCUT2D eigenvalue weighted by atomic mass is 16.7. The second-order valence-corrected chi connectivity index (χ2v) is 4.00. The van der Waals surface area contributed by atoms with Crippen LogP contribution in [0, 0.1) is 0 Å². The van der Waals surface area contributed by atoms with Crippen LogP contribution in [0.3, 0.4) is 0 Å². The Kier molecular flexibility index (Phi) is 4.64. The molecule has 2 rings (SSSR count). The van der Waals surface area contributed by atoms with Crippen molar-refractivity contribution >= 4 is 5.69 Å². The molecule has 0 atom stereocenters. The molecule has 0 saturated heterocycles. The van der Waals surface area contributed by atoms with Crippen LogP contribution in [0.1, 0.15) is 5.56 Å². The van der Waals surface area contributed by atoms with Crippen molar-refractivity contribution in [3.63, 3.8) is 0 Å². The van der Waals surface area contributed by atoms with Gasteiger partial charge >= 0.3 is 0 Å². The molecule has 0 saturated carbocycles. The van der Waals surface area contributed by atoms with E-state index in [1.54, 1.807) is 25.3 Å². The van der Waals surface area contributed by atoms with Crippen LogP contribution in [0.2, 0.25) is 0 Å². The van der Waals surface area contributed by atoms with E-state index in [0.29, 0.717) is 23.8 Å². The van der Waals surface area contributed by atoms with Gasteiger partial charge in [-0.05, 0) is 17.7 Å². The highest BCUT2D eigenvalue weighted by molar-refractivity contribution is 5.56. The summed E-state index contributed by atoms with van der Waals surface area (Å²) in [5, 5.41) is 0. The summed E-state index contributed by atoms with van der Waals surface area (Å²) in [7, 11) is 1.60. The molecule has 100 valence electrons. The molecule has 2 N–H and O–H groups in total. The third-order valence-electron chi connectivity index (χ3n) is 2.63. The molecule has 0 spiro atoms. The maximum Gasteiger partial charge on any atom is 0.189 e. The van der Waals surface area contributed by atoms with E-state index in [-0.39, 0.29) is 6.79 Å². The van der Waals surface area contributed by atoms with Gasteiger partial charge in [-0.3, -0.25) is 0 Å². The van der Waals surface area contributed by atoms with Gasteiger partial charge in [0.15, 0.2) is 6.79 Å². The zero-order valence-electron chi connectivity index (χ0n) is 10.8. The lowest BCUT2D eigenvalue weighted by Gasteiger charge is -2.10. The molecule has 0 aromatic heterocycles. The van der Waals surface area contributed by atoms with E-state index in [4.69, 9.17) is 19.9 Å². The van der Waals surface area contributed by atoms with Crippen LogP contribution in [0.4, 0.5) is 5.69 Å². The van der Waals surface area contributed by atoms with Crippen molar-refractivity contribution in [1.29, 1.82) is 0 Å². The Morgan fingerprint density at radius 3 is 2.53 bits per heavy atom. The molecule has 4 nitrogen and oxygen atoms in total. The lowest BCUT2D eigenvalue weighted by Crippen LogP contribution is -2.04. The van der Waals surface area contributed by atoms with E-state index in [1.165, 1.54) is 0 Å². The van der Waals surface area contributed by atoms with Gasteiger partial charge < -0.3 is 19.9 Å². The zero-order valence-corrected chi connectivity index (χ0v) is 10.8. The smallest absolute Gasteiger partial charge is 0.189 e. The number of nitrogens with two attached hydrogens (primary N) is 1. The Hall–Kier alpha value is -2.20. The van der Waals surface area contributed by atoms with Gasteiger partial charge in [-0.2, -0.15) is 0 Å². The van der Waals surface area contributed by atoms with Crippen molar-refractivity contribution in [3.05, 3.63) is 54.1 Å². The number of methoxy groups -OCH3 is 1. The largest absolute Gasteiger partial charge is 0.497 e. The first kappa shape index (κ1) is 13.2. The minimum absolute atomic E-state index is 0.158. The van der Waals surface area contributed by atoms with Crippen molar-refractivity contribution in [2.24, 2.45) is 0 Å². The maximum atomic E-state index is 5.83. The van der Waals surface area contributed by atoms with Crippen LogP contribution < -0.4 is 15.2 Å². The molecule has 0 aliphatic rings. The zero-order chi connectivity index (χ0) is 13.5. The summed E-state index contributed by atoms with van der Waals surface area (Å²) in [6.45, 7) is 0.669. The number of anilines is 1. The number of nitrogen functional groups attached to an aromatic ring is 1. The third kappa shape index (κ3) is 3.89. The van der Waals surface area contributed by atoms with Crippen molar-refractivity contribution in [3.8, 4) is 11.5 Å². The Balaban J connectivity index is 1.80. The van der Waals surface area contributed by atoms with Crippen molar-refractivity contribution in [1.82, 2.24) is 0 Å². The molecule has 0 amide bonds. The van der Waals surface area contributed by atoms with Gasteiger partial charge in [0.2, 0.25) is 0 Å². The van der Waals surface area contributed by atoms with Crippen molar-refractivity contribution in [2.45, 2.75) is 6.61 Å². The number of hydrogen-bond acceptors (Lipinski definition) is 4. The SMILES string of the molecule is COc1ccc(OCOCc2ccccc2)c(N)c1. The molecule has 0 radical (unpaired) electrons. The number of rotatable bonds is 6. The summed E-state index contributed by atoms with van der Waals surface area (Å²) < 4.78 is 15.9. The van der Waals surface area contributed by atoms with E-state index in [9.17, 15) is 0 Å². The average molecular weight is 259 g/mol. The van der Waals surface area contributed by atoms with Gasteiger partial charge in [0.05, 0.1) is 19.4 Å². The molecular formula is C15H17NO3. The Morgan fingerprint density at radius 1 is 1.05 bits per heavy atom. The molecule has 19 heavy (non-hydrogen) atoms. The van der Waals surface area contributed by atoms with Gasteiger partial charge in [-0.15, -0.1) is 0 Å². The van der Waals surface area contributed by atoms with Crippen LogP contribution in [-0.4, -0.2) is 13.9 Å². The van der Waals surface area contributed by atoms with Crippen molar-refractivity contribution in [2.75, 3.05) is 19.6 Å². The molecule has 2 aromatic carbocycles. The second kappa shape index (κ2) is 6.66. The topological polar surface area (TPSA) is 53.7 Å². The Morgan fingerprint density at radius 2 is 1.84 bits per heavy atom. The minimum Gasteiger partial charge on any atom is -0.497 e. The summed E-state index contributed by atoms with van der Waals surface area (Å²) in [6, 6.07) is 15.2. The minimum atomic E-state index is 0.158. The fraction of sp³-hybridized carbons (Fsp3) is 0.200. The first-order valence-corrected chi connectivity index (χ1v) is 5.97. The van der Waals surface area contributed by atoms with Crippen LogP contribution in [-0.2, 0) is 11.3 Å². The Labute approximate surface area is 112 Å². The summed E-state index contributed by atoms with van der Waals surface area (Å²) >= 11 is 0. The molecule has 0 unspecified atom stereocenters. The van der Waals surface area contributed by atoms with Gasteiger partial charge in [0, 0.05) is 6.07 Å². The molecular weight excluding hydrogens is 242 g/mol. The first-order valence-electron chi connectivity index (χ1n) is 5.97. The van der Waals surface area contributed by atoms with Crippen LogP contribution >= 0.6 is 0 Å². The van der Waals surface area contributed by atoms with Gasteiger partial charge in [0.1, 0.15) is 11.5 Å². The number of ether oxygens (including phenoxy) is 3. The molecule has 0 bridgehead atoms. The van der Waals surface area contributed by atoms with Crippen molar-refractivity contribution < 1.29 is 14.2 Å².